The minimum Gasteiger partial charge on any atom is -0.495 e. The van der Waals surface area contributed by atoms with Crippen molar-refractivity contribution in [3.8, 4) is 17.2 Å². The molecule has 0 aromatic heterocycles. The number of para-hydroxylation sites is 3. The van der Waals surface area contributed by atoms with Crippen molar-refractivity contribution in [1.29, 1.82) is 0 Å². The average Bonchev–Trinajstić information content (AvgIpc) is 3.16. The lowest BCUT2D eigenvalue weighted by Gasteiger charge is -2.17. The van der Waals surface area contributed by atoms with Gasteiger partial charge in [0.2, 0.25) is 0 Å². The number of ether oxygens (including phenoxy) is 3. The molecule has 0 unspecified atom stereocenters. The molecular formula is C27H25N3O5S. The van der Waals surface area contributed by atoms with Crippen LogP contribution in [0.2, 0.25) is 0 Å². The van der Waals surface area contributed by atoms with Crippen molar-refractivity contribution < 1.29 is 23.8 Å². The van der Waals surface area contributed by atoms with Gasteiger partial charge in [-0.25, -0.2) is 4.90 Å². The lowest BCUT2D eigenvalue weighted by atomic mass is 10.1. The van der Waals surface area contributed by atoms with E-state index in [9.17, 15) is 9.59 Å². The first-order valence-electron chi connectivity index (χ1n) is 11.2. The second-order valence-corrected chi connectivity index (χ2v) is 8.03. The molecule has 36 heavy (non-hydrogen) atoms. The van der Waals surface area contributed by atoms with Gasteiger partial charge in [-0.15, -0.1) is 0 Å². The number of amides is 2. The van der Waals surface area contributed by atoms with Crippen molar-refractivity contribution in [3.63, 3.8) is 0 Å². The summed E-state index contributed by atoms with van der Waals surface area (Å²) >= 11 is 5.41. The van der Waals surface area contributed by atoms with Gasteiger partial charge in [0.1, 0.15) is 11.4 Å². The van der Waals surface area contributed by atoms with Gasteiger partial charge < -0.3 is 24.8 Å². The molecule has 0 aliphatic carbocycles. The summed E-state index contributed by atoms with van der Waals surface area (Å²) in [5.41, 5.74) is 2.25. The molecular weight excluding hydrogens is 478 g/mol. The maximum Gasteiger partial charge on any atom is 0.281 e. The molecule has 0 spiro atoms. The van der Waals surface area contributed by atoms with Crippen molar-refractivity contribution in [2.24, 2.45) is 0 Å². The smallest absolute Gasteiger partial charge is 0.281 e. The summed E-state index contributed by atoms with van der Waals surface area (Å²) in [4.78, 5) is 26.8. The monoisotopic (exact) mass is 503 g/mol. The Kier molecular flexibility index (Phi) is 7.82. The van der Waals surface area contributed by atoms with Crippen LogP contribution in [-0.4, -0.2) is 37.3 Å². The first-order valence-corrected chi connectivity index (χ1v) is 11.7. The van der Waals surface area contributed by atoms with Crippen LogP contribution in [0.15, 0.2) is 78.5 Å². The van der Waals surface area contributed by atoms with Crippen LogP contribution in [0.3, 0.4) is 0 Å². The van der Waals surface area contributed by atoms with Gasteiger partial charge in [-0.05, 0) is 67.2 Å². The molecule has 1 aliphatic rings. The molecule has 184 valence electrons. The molecule has 9 heteroatoms. The topological polar surface area (TPSA) is 89.1 Å². The molecule has 0 atom stereocenters. The standard InChI is InChI=1S/C27H25N3O5S/c1-3-34-24-16-18(13-14-23(24)35-17-25(31)28-19-9-5-4-6-10-19)15-20-26(32)30(27(36)29-20)21-11-7-8-12-22(21)33-2/h4-16H,3,17H2,1-2H3,(H,28,31)(H,29,36)/b20-15+. The number of nitrogens with zero attached hydrogens (tertiary/aromatic N) is 1. The predicted octanol–water partition coefficient (Wildman–Crippen LogP) is 4.37. The molecule has 0 bridgehead atoms. The maximum absolute atomic E-state index is 13.1. The van der Waals surface area contributed by atoms with Gasteiger partial charge >= 0.3 is 0 Å². The van der Waals surface area contributed by atoms with Crippen LogP contribution >= 0.6 is 12.2 Å². The highest BCUT2D eigenvalue weighted by atomic mass is 32.1. The molecule has 2 N–H and O–H groups in total. The van der Waals surface area contributed by atoms with Crippen molar-refractivity contribution in [1.82, 2.24) is 5.32 Å². The Morgan fingerprint density at radius 2 is 1.75 bits per heavy atom. The summed E-state index contributed by atoms with van der Waals surface area (Å²) in [6.45, 7) is 2.07. The molecule has 3 aromatic rings. The average molecular weight is 504 g/mol. The number of benzene rings is 3. The summed E-state index contributed by atoms with van der Waals surface area (Å²) in [5.74, 6) is 0.807. The van der Waals surface area contributed by atoms with Crippen molar-refractivity contribution >= 4 is 46.6 Å². The highest BCUT2D eigenvalue weighted by Crippen LogP contribution is 2.33. The second-order valence-electron chi connectivity index (χ2n) is 7.64. The van der Waals surface area contributed by atoms with Gasteiger partial charge in [0.25, 0.3) is 11.8 Å². The maximum atomic E-state index is 13.1. The van der Waals surface area contributed by atoms with E-state index in [1.54, 1.807) is 48.5 Å². The van der Waals surface area contributed by atoms with Gasteiger partial charge in [0.05, 0.1) is 19.4 Å². The van der Waals surface area contributed by atoms with E-state index in [0.29, 0.717) is 46.5 Å². The molecule has 1 aliphatic heterocycles. The summed E-state index contributed by atoms with van der Waals surface area (Å²) in [7, 11) is 1.54. The fourth-order valence-electron chi connectivity index (χ4n) is 3.60. The molecule has 8 nitrogen and oxygen atoms in total. The SMILES string of the molecule is CCOc1cc(/C=C2/NC(=S)N(c3ccccc3OC)C2=O)ccc1OCC(=O)Nc1ccccc1. The summed E-state index contributed by atoms with van der Waals surface area (Å²) in [5, 5.41) is 6.00. The highest BCUT2D eigenvalue weighted by molar-refractivity contribution is 7.80. The Bertz CT molecular complexity index is 1310. The van der Waals surface area contributed by atoms with Crippen LogP contribution in [-0.2, 0) is 9.59 Å². The van der Waals surface area contributed by atoms with E-state index in [1.807, 2.05) is 37.3 Å². The Hall–Kier alpha value is -4.37. The van der Waals surface area contributed by atoms with Crippen LogP contribution in [0.5, 0.6) is 17.2 Å². The fourth-order valence-corrected chi connectivity index (χ4v) is 3.89. The zero-order chi connectivity index (χ0) is 25.5. The van der Waals surface area contributed by atoms with Gasteiger partial charge in [-0.1, -0.05) is 36.4 Å². The third-order valence-corrected chi connectivity index (χ3v) is 5.48. The third-order valence-electron chi connectivity index (χ3n) is 5.20. The number of rotatable bonds is 9. The number of hydrogen-bond acceptors (Lipinski definition) is 6. The fraction of sp³-hybridized carbons (Fsp3) is 0.148. The summed E-state index contributed by atoms with van der Waals surface area (Å²) in [6.07, 6.45) is 1.68. The highest BCUT2D eigenvalue weighted by Gasteiger charge is 2.33. The third kappa shape index (κ3) is 5.64. The number of nitrogens with one attached hydrogen (secondary N) is 2. The minimum atomic E-state index is -0.305. The zero-order valence-corrected chi connectivity index (χ0v) is 20.6. The first-order chi connectivity index (χ1) is 17.5. The molecule has 3 aromatic carbocycles. The van der Waals surface area contributed by atoms with E-state index in [2.05, 4.69) is 10.6 Å². The molecule has 1 fully saturated rings. The lowest BCUT2D eigenvalue weighted by Crippen LogP contribution is -2.30. The van der Waals surface area contributed by atoms with Crippen molar-refractivity contribution in [2.45, 2.75) is 6.92 Å². The Balaban J connectivity index is 1.50. The van der Waals surface area contributed by atoms with Crippen molar-refractivity contribution in [3.05, 3.63) is 84.1 Å². The first kappa shape index (κ1) is 24.7. The molecule has 1 heterocycles. The number of thiocarbonyl (C=S) groups is 1. The predicted molar refractivity (Wildman–Crippen MR) is 142 cm³/mol. The van der Waals surface area contributed by atoms with E-state index in [1.165, 1.54) is 12.0 Å². The number of methoxy groups -OCH3 is 1. The molecule has 0 saturated carbocycles. The van der Waals surface area contributed by atoms with E-state index in [4.69, 9.17) is 26.4 Å². The quantitative estimate of drug-likeness (QED) is 0.331. The van der Waals surface area contributed by atoms with Crippen LogP contribution in [0, 0.1) is 0 Å². The number of carbonyl (C=O) groups is 2. The van der Waals surface area contributed by atoms with Crippen LogP contribution < -0.4 is 29.7 Å². The minimum absolute atomic E-state index is 0.183. The van der Waals surface area contributed by atoms with Crippen molar-refractivity contribution in [2.75, 3.05) is 30.5 Å². The van der Waals surface area contributed by atoms with Gasteiger partial charge in [-0.3, -0.25) is 9.59 Å². The number of carbonyl (C=O) groups excluding carboxylic acids is 2. The second kappa shape index (κ2) is 11.4. The Morgan fingerprint density at radius 1 is 1.00 bits per heavy atom. The summed E-state index contributed by atoms with van der Waals surface area (Å²) < 4.78 is 16.8. The molecule has 4 rings (SSSR count). The Morgan fingerprint density at radius 3 is 2.50 bits per heavy atom. The van der Waals surface area contributed by atoms with E-state index >= 15 is 0 Å². The summed E-state index contributed by atoms with van der Waals surface area (Å²) in [6, 6.07) is 21.5. The van der Waals surface area contributed by atoms with E-state index in [0.717, 1.165) is 0 Å². The normalized spacial score (nSPS) is 13.9. The van der Waals surface area contributed by atoms with Crippen LogP contribution in [0.1, 0.15) is 12.5 Å². The lowest BCUT2D eigenvalue weighted by molar-refractivity contribution is -0.118. The van der Waals surface area contributed by atoms with Gasteiger partial charge in [0, 0.05) is 5.69 Å². The molecule has 0 radical (unpaired) electrons. The molecule has 1 saturated heterocycles. The largest absolute Gasteiger partial charge is 0.495 e. The van der Waals surface area contributed by atoms with Crippen LogP contribution in [0.4, 0.5) is 11.4 Å². The zero-order valence-electron chi connectivity index (χ0n) is 19.8. The number of anilines is 2. The van der Waals surface area contributed by atoms with E-state index < -0.39 is 0 Å². The van der Waals surface area contributed by atoms with Gasteiger partial charge in [-0.2, -0.15) is 0 Å². The van der Waals surface area contributed by atoms with E-state index in [-0.39, 0.29) is 23.5 Å². The number of hydrogen-bond donors (Lipinski definition) is 2. The van der Waals surface area contributed by atoms with Gasteiger partial charge in [0.15, 0.2) is 23.2 Å². The molecule has 2 amide bonds. The van der Waals surface area contributed by atoms with Crippen LogP contribution in [0.25, 0.3) is 6.08 Å². The Labute approximate surface area is 214 Å².